The molecule has 1 aromatic heterocycles. The average Bonchev–Trinajstić information content (AvgIpc) is 2.64. The van der Waals surface area contributed by atoms with Gasteiger partial charge in [-0.3, -0.25) is 14.7 Å². The van der Waals surface area contributed by atoms with Gasteiger partial charge in [-0.05, 0) is 62.4 Å². The number of likely N-dealkylation sites (tertiary alicyclic amines) is 1. The van der Waals surface area contributed by atoms with Gasteiger partial charge in [0.1, 0.15) is 0 Å². The van der Waals surface area contributed by atoms with Crippen molar-refractivity contribution in [2.75, 3.05) is 19.6 Å². The first-order valence-corrected chi connectivity index (χ1v) is 9.73. The number of benzene rings is 1. The topological polar surface area (TPSA) is 65.5 Å². The van der Waals surface area contributed by atoms with E-state index < -0.39 is 0 Å². The molecule has 1 aliphatic heterocycles. The van der Waals surface area contributed by atoms with Gasteiger partial charge in [-0.1, -0.05) is 24.6 Å². The normalized spacial score (nSPS) is 24.8. The Morgan fingerprint density at radius 2 is 2.00 bits per heavy atom. The lowest BCUT2D eigenvalue weighted by Crippen LogP contribution is -2.45. The summed E-state index contributed by atoms with van der Waals surface area (Å²) in [5, 5.41) is 14.1. The lowest BCUT2D eigenvalue weighted by Gasteiger charge is -2.38. The lowest BCUT2D eigenvalue weighted by molar-refractivity contribution is -0.124. The summed E-state index contributed by atoms with van der Waals surface area (Å²) < 4.78 is 0. The van der Waals surface area contributed by atoms with Gasteiger partial charge in [0.15, 0.2) is 0 Å². The molecule has 2 heterocycles. The summed E-state index contributed by atoms with van der Waals surface area (Å²) in [6.45, 7) is 2.49. The number of rotatable bonds is 5. The summed E-state index contributed by atoms with van der Waals surface area (Å²) in [5.74, 6) is 0.352. The first kappa shape index (κ1) is 17.4. The van der Waals surface area contributed by atoms with Crippen LogP contribution in [0, 0.1) is 5.92 Å². The van der Waals surface area contributed by atoms with Crippen LogP contribution < -0.4 is 5.32 Å². The Kier molecular flexibility index (Phi) is 5.18. The molecule has 2 fully saturated rings. The molecule has 1 saturated carbocycles. The van der Waals surface area contributed by atoms with Crippen LogP contribution in [0.4, 0.5) is 0 Å². The van der Waals surface area contributed by atoms with Crippen LogP contribution in [-0.2, 0) is 4.79 Å². The second-order valence-corrected chi connectivity index (χ2v) is 7.73. The van der Waals surface area contributed by atoms with E-state index in [4.69, 9.17) is 0 Å². The summed E-state index contributed by atoms with van der Waals surface area (Å²) in [7, 11) is 0. The molecule has 138 valence electrons. The number of amides is 1. The first-order chi connectivity index (χ1) is 12.7. The van der Waals surface area contributed by atoms with Gasteiger partial charge < -0.3 is 10.4 Å². The lowest BCUT2D eigenvalue weighted by atomic mass is 9.75. The van der Waals surface area contributed by atoms with Crippen molar-refractivity contribution in [1.82, 2.24) is 15.2 Å². The third kappa shape index (κ3) is 3.89. The van der Waals surface area contributed by atoms with Crippen molar-refractivity contribution >= 4 is 16.8 Å². The van der Waals surface area contributed by atoms with Gasteiger partial charge in [0.05, 0.1) is 24.2 Å². The fourth-order valence-electron chi connectivity index (χ4n) is 4.17. The summed E-state index contributed by atoms with van der Waals surface area (Å²) >= 11 is 0. The molecular weight excluding hydrogens is 326 g/mol. The highest BCUT2D eigenvalue weighted by Gasteiger charge is 2.36. The van der Waals surface area contributed by atoms with Crippen molar-refractivity contribution in [3.05, 3.63) is 42.1 Å². The summed E-state index contributed by atoms with van der Waals surface area (Å²) in [6, 6.07) is 10.1. The molecule has 1 saturated heterocycles. The Morgan fingerprint density at radius 3 is 2.77 bits per heavy atom. The number of aromatic nitrogens is 1. The molecule has 1 unspecified atom stereocenters. The van der Waals surface area contributed by atoms with E-state index in [-0.39, 0.29) is 24.0 Å². The Morgan fingerprint density at radius 1 is 1.23 bits per heavy atom. The monoisotopic (exact) mass is 353 g/mol. The average molecular weight is 353 g/mol. The van der Waals surface area contributed by atoms with Crippen molar-refractivity contribution in [1.29, 1.82) is 0 Å². The van der Waals surface area contributed by atoms with Gasteiger partial charge in [0, 0.05) is 11.6 Å². The third-order valence-electron chi connectivity index (χ3n) is 5.72. The van der Waals surface area contributed by atoms with E-state index in [1.807, 2.05) is 30.5 Å². The fourth-order valence-corrected chi connectivity index (χ4v) is 4.17. The minimum absolute atomic E-state index is 0.0754. The molecule has 1 aliphatic carbocycles. The molecule has 26 heavy (non-hydrogen) atoms. The van der Waals surface area contributed by atoms with Crippen molar-refractivity contribution in [3.8, 4) is 0 Å². The zero-order valence-corrected chi connectivity index (χ0v) is 15.1. The molecule has 0 radical (unpaired) electrons. The molecule has 5 nitrogen and oxygen atoms in total. The quantitative estimate of drug-likeness (QED) is 0.867. The minimum atomic E-state index is -0.241. The van der Waals surface area contributed by atoms with Gasteiger partial charge >= 0.3 is 0 Å². The number of fused-ring (bicyclic) bond motifs is 1. The summed E-state index contributed by atoms with van der Waals surface area (Å²) in [5.41, 5.74) is 2.00. The van der Waals surface area contributed by atoms with Crippen LogP contribution in [0.2, 0.25) is 0 Å². The maximum atomic E-state index is 12.6. The number of aliphatic hydroxyl groups excluding tert-OH is 1. The number of aliphatic hydroxyl groups is 1. The van der Waals surface area contributed by atoms with E-state index in [9.17, 15) is 9.90 Å². The van der Waals surface area contributed by atoms with Crippen molar-refractivity contribution in [2.45, 2.75) is 44.2 Å². The van der Waals surface area contributed by atoms with Gasteiger partial charge in [-0.2, -0.15) is 0 Å². The summed E-state index contributed by atoms with van der Waals surface area (Å²) in [4.78, 5) is 19.4. The molecule has 1 amide bonds. The van der Waals surface area contributed by atoms with Gasteiger partial charge in [-0.15, -0.1) is 0 Å². The molecule has 4 rings (SSSR count). The number of nitrogens with zero attached hydrogens (tertiary/aromatic N) is 2. The Hall–Kier alpha value is -1.98. The van der Waals surface area contributed by atoms with Crippen LogP contribution in [0.15, 0.2) is 36.5 Å². The zero-order valence-electron chi connectivity index (χ0n) is 15.1. The number of hydrogen-bond donors (Lipinski definition) is 2. The van der Waals surface area contributed by atoms with Gasteiger partial charge in [0.25, 0.3) is 0 Å². The molecule has 0 bridgehead atoms. The van der Waals surface area contributed by atoms with Crippen LogP contribution in [0.3, 0.4) is 0 Å². The molecule has 2 N–H and O–H groups in total. The van der Waals surface area contributed by atoms with Crippen LogP contribution in [0.25, 0.3) is 10.9 Å². The Bertz CT molecular complexity index is 767. The van der Waals surface area contributed by atoms with E-state index >= 15 is 0 Å². The third-order valence-corrected chi connectivity index (χ3v) is 5.72. The Balaban J connectivity index is 1.50. The SMILES string of the molecule is O=C(CN1CCCCC1)NC(c1cnc2ccccc2c1)C1CC(O)C1. The number of carbonyl (C=O) groups excluding carboxylic acids is 1. The number of para-hydroxylation sites is 1. The van der Waals surface area contributed by atoms with E-state index in [0.29, 0.717) is 6.54 Å². The smallest absolute Gasteiger partial charge is 0.234 e. The van der Waals surface area contributed by atoms with Crippen LogP contribution >= 0.6 is 0 Å². The highest BCUT2D eigenvalue weighted by atomic mass is 16.3. The van der Waals surface area contributed by atoms with Gasteiger partial charge in [0.2, 0.25) is 5.91 Å². The predicted octanol–water partition coefficient (Wildman–Crippen LogP) is 2.65. The number of pyridine rings is 1. The van der Waals surface area contributed by atoms with Crippen molar-refractivity contribution in [2.24, 2.45) is 5.92 Å². The highest BCUT2D eigenvalue weighted by Crippen LogP contribution is 2.38. The van der Waals surface area contributed by atoms with Crippen LogP contribution in [-0.4, -0.2) is 46.6 Å². The molecule has 5 heteroatoms. The zero-order chi connectivity index (χ0) is 17.9. The molecule has 1 atom stereocenters. The first-order valence-electron chi connectivity index (χ1n) is 9.73. The summed E-state index contributed by atoms with van der Waals surface area (Å²) in [6.07, 6.45) is 6.74. The number of piperidine rings is 1. The van der Waals surface area contributed by atoms with E-state index in [1.54, 1.807) is 0 Å². The van der Waals surface area contributed by atoms with Crippen LogP contribution in [0.5, 0.6) is 0 Å². The van der Waals surface area contributed by atoms with E-state index in [0.717, 1.165) is 42.4 Å². The van der Waals surface area contributed by atoms with Gasteiger partial charge in [-0.25, -0.2) is 0 Å². The maximum absolute atomic E-state index is 12.6. The largest absolute Gasteiger partial charge is 0.393 e. The highest BCUT2D eigenvalue weighted by molar-refractivity contribution is 5.80. The minimum Gasteiger partial charge on any atom is -0.393 e. The molecule has 2 aliphatic rings. The Labute approximate surface area is 154 Å². The fraction of sp³-hybridized carbons (Fsp3) is 0.524. The molecular formula is C21H27N3O2. The van der Waals surface area contributed by atoms with Crippen molar-refractivity contribution in [3.63, 3.8) is 0 Å². The number of nitrogens with one attached hydrogen (secondary N) is 1. The standard InChI is InChI=1S/C21H27N3O2/c25-18-11-16(12-18)21(23-20(26)14-24-8-4-1-5-9-24)17-10-15-6-2-3-7-19(15)22-13-17/h2-3,6-7,10,13,16,18,21,25H,1,4-5,8-9,11-12,14H2,(H,23,26). The van der Waals surface area contributed by atoms with E-state index in [2.05, 4.69) is 21.3 Å². The second-order valence-electron chi connectivity index (χ2n) is 7.73. The predicted molar refractivity (Wildman–Crippen MR) is 102 cm³/mol. The second kappa shape index (κ2) is 7.72. The number of hydrogen-bond acceptors (Lipinski definition) is 4. The number of carbonyl (C=O) groups is 1. The van der Waals surface area contributed by atoms with Crippen LogP contribution in [0.1, 0.15) is 43.7 Å². The molecule has 2 aromatic rings. The van der Waals surface area contributed by atoms with Crippen molar-refractivity contribution < 1.29 is 9.90 Å². The van der Waals surface area contributed by atoms with E-state index in [1.165, 1.54) is 19.3 Å². The molecule has 0 spiro atoms. The molecule has 1 aromatic carbocycles. The maximum Gasteiger partial charge on any atom is 0.234 e.